The Morgan fingerprint density at radius 2 is 1.92 bits per heavy atom. The number of benzene rings is 1. The lowest BCUT2D eigenvalue weighted by molar-refractivity contribution is 0.233. The fraction of sp³-hybridized carbons (Fsp3) is 0.393. The largest absolute Gasteiger partial charge is 0.494 e. The van der Waals surface area contributed by atoms with Gasteiger partial charge in [-0.25, -0.2) is 4.98 Å². The van der Waals surface area contributed by atoms with Crippen molar-refractivity contribution in [2.45, 2.75) is 26.8 Å². The van der Waals surface area contributed by atoms with Crippen LogP contribution in [-0.4, -0.2) is 64.7 Å². The van der Waals surface area contributed by atoms with E-state index in [1.165, 1.54) is 5.56 Å². The van der Waals surface area contributed by atoms with Gasteiger partial charge in [0, 0.05) is 68.4 Å². The first-order chi connectivity index (χ1) is 17.6. The van der Waals surface area contributed by atoms with Crippen LogP contribution in [-0.2, 0) is 13.0 Å². The lowest BCUT2D eigenvalue weighted by Crippen LogP contribution is -2.42. The van der Waals surface area contributed by atoms with Crippen molar-refractivity contribution in [1.82, 2.24) is 30.2 Å². The van der Waals surface area contributed by atoms with E-state index in [4.69, 9.17) is 14.5 Å². The molecule has 0 unspecified atom stereocenters. The van der Waals surface area contributed by atoms with Crippen molar-refractivity contribution >= 4 is 11.0 Å². The van der Waals surface area contributed by atoms with Crippen molar-refractivity contribution in [2.24, 2.45) is 5.92 Å². The van der Waals surface area contributed by atoms with Gasteiger partial charge >= 0.3 is 0 Å². The first-order valence-electron chi connectivity index (χ1n) is 12.6. The number of H-pyrrole nitrogens is 1. The minimum Gasteiger partial charge on any atom is -0.494 e. The molecule has 188 valence electrons. The number of rotatable bonds is 9. The average Bonchev–Trinajstić information content (AvgIpc) is 3.30. The summed E-state index contributed by atoms with van der Waals surface area (Å²) >= 11 is 0. The minimum atomic E-state index is 0.383. The maximum atomic E-state index is 6.35. The first kappa shape index (κ1) is 24.2. The molecule has 4 heterocycles. The number of nitrogens with zero attached hydrogens (tertiary/aromatic N) is 4. The molecule has 0 saturated carbocycles. The second-order valence-corrected chi connectivity index (χ2v) is 9.66. The summed E-state index contributed by atoms with van der Waals surface area (Å²) in [5, 5.41) is 3.41. The molecule has 0 amide bonds. The quantitative estimate of drug-likeness (QED) is 0.369. The molecule has 1 fully saturated rings. The zero-order valence-electron chi connectivity index (χ0n) is 21.3. The summed E-state index contributed by atoms with van der Waals surface area (Å²) in [6.45, 7) is 10.1. The molecule has 0 aliphatic carbocycles. The Labute approximate surface area is 212 Å². The number of aromatic nitrogens is 4. The number of piperazine rings is 1. The number of imidazole rings is 1. The van der Waals surface area contributed by atoms with Gasteiger partial charge in [-0.2, -0.15) is 0 Å². The highest BCUT2D eigenvalue weighted by atomic mass is 16.5. The van der Waals surface area contributed by atoms with E-state index < -0.39 is 0 Å². The molecule has 1 aliphatic heterocycles. The summed E-state index contributed by atoms with van der Waals surface area (Å²) in [6.07, 6.45) is 6.02. The van der Waals surface area contributed by atoms with Crippen molar-refractivity contribution in [2.75, 3.05) is 39.9 Å². The van der Waals surface area contributed by atoms with Crippen LogP contribution in [0.3, 0.4) is 0 Å². The predicted octanol–water partition coefficient (Wildman–Crippen LogP) is 4.06. The second kappa shape index (κ2) is 11.1. The molecule has 8 nitrogen and oxygen atoms in total. The SMILES string of the molecule is COc1cnccc1-c1ccc2[nH]c(Cc3cc(CN4CCNCC4)ccn3)nc2c1OCC(C)C. The van der Waals surface area contributed by atoms with E-state index in [1.54, 1.807) is 19.5 Å². The van der Waals surface area contributed by atoms with Crippen LogP contribution in [0.15, 0.2) is 48.9 Å². The molecule has 1 aromatic carbocycles. The number of nitrogens with one attached hydrogen (secondary N) is 2. The van der Waals surface area contributed by atoms with Crippen molar-refractivity contribution in [3.63, 3.8) is 0 Å². The summed E-state index contributed by atoms with van der Waals surface area (Å²) in [5.41, 5.74) is 5.92. The molecule has 1 saturated heterocycles. The number of ether oxygens (including phenoxy) is 2. The fourth-order valence-corrected chi connectivity index (χ4v) is 4.58. The zero-order chi connectivity index (χ0) is 24.9. The van der Waals surface area contributed by atoms with E-state index in [9.17, 15) is 0 Å². The van der Waals surface area contributed by atoms with Gasteiger partial charge in [-0.1, -0.05) is 13.8 Å². The topological polar surface area (TPSA) is 88.2 Å². The minimum absolute atomic E-state index is 0.383. The standard InChI is InChI=1S/C28H34N6O2/c1-19(2)18-36-28-23(22-7-8-30-16-25(22)35-3)4-5-24-27(28)33-26(32-24)15-21-14-20(6-9-31-21)17-34-12-10-29-11-13-34/h4-9,14,16,19,29H,10-13,15,17-18H2,1-3H3,(H,32,33). The molecule has 36 heavy (non-hydrogen) atoms. The van der Waals surface area contributed by atoms with E-state index in [2.05, 4.69) is 63.3 Å². The van der Waals surface area contributed by atoms with Gasteiger partial charge in [0.15, 0.2) is 5.75 Å². The number of hydrogen-bond acceptors (Lipinski definition) is 7. The highest BCUT2D eigenvalue weighted by Gasteiger charge is 2.19. The van der Waals surface area contributed by atoms with Crippen LogP contribution in [0.2, 0.25) is 0 Å². The normalized spacial score (nSPS) is 14.4. The Balaban J connectivity index is 1.45. The maximum Gasteiger partial charge on any atom is 0.155 e. The number of fused-ring (bicyclic) bond motifs is 1. The summed E-state index contributed by atoms with van der Waals surface area (Å²) < 4.78 is 11.9. The van der Waals surface area contributed by atoms with Crippen LogP contribution in [0.4, 0.5) is 0 Å². The Hall–Kier alpha value is -3.49. The van der Waals surface area contributed by atoms with Gasteiger partial charge in [0.2, 0.25) is 0 Å². The Morgan fingerprint density at radius 1 is 1.06 bits per heavy atom. The van der Waals surface area contributed by atoms with Crippen molar-refractivity contribution in [3.8, 4) is 22.6 Å². The molecule has 5 rings (SSSR count). The molecular weight excluding hydrogens is 452 g/mol. The number of aromatic amines is 1. The van der Waals surface area contributed by atoms with Crippen LogP contribution in [0.5, 0.6) is 11.5 Å². The molecule has 8 heteroatoms. The molecule has 0 bridgehead atoms. The molecular formula is C28H34N6O2. The van der Waals surface area contributed by atoms with Gasteiger partial charge in [-0.05, 0) is 41.8 Å². The molecule has 0 atom stereocenters. The predicted molar refractivity (Wildman–Crippen MR) is 141 cm³/mol. The van der Waals surface area contributed by atoms with E-state index in [0.29, 0.717) is 24.7 Å². The molecule has 2 N–H and O–H groups in total. The highest BCUT2D eigenvalue weighted by Crippen LogP contribution is 2.40. The van der Waals surface area contributed by atoms with Gasteiger partial charge in [0.25, 0.3) is 0 Å². The van der Waals surface area contributed by atoms with Crippen LogP contribution in [0.25, 0.3) is 22.2 Å². The number of methoxy groups -OCH3 is 1. The molecule has 3 aromatic heterocycles. The lowest BCUT2D eigenvalue weighted by atomic mass is 10.0. The highest BCUT2D eigenvalue weighted by molar-refractivity contribution is 5.92. The number of pyridine rings is 2. The van der Waals surface area contributed by atoms with E-state index >= 15 is 0 Å². The summed E-state index contributed by atoms with van der Waals surface area (Å²) in [7, 11) is 1.66. The fourth-order valence-electron chi connectivity index (χ4n) is 4.58. The third-order valence-electron chi connectivity index (χ3n) is 6.36. The average molecular weight is 487 g/mol. The van der Waals surface area contributed by atoms with Gasteiger partial charge in [-0.3, -0.25) is 14.9 Å². The van der Waals surface area contributed by atoms with Gasteiger partial charge < -0.3 is 19.8 Å². The van der Waals surface area contributed by atoms with Crippen LogP contribution in [0, 0.1) is 5.92 Å². The van der Waals surface area contributed by atoms with E-state index in [0.717, 1.165) is 72.2 Å². The first-order valence-corrected chi connectivity index (χ1v) is 12.6. The van der Waals surface area contributed by atoms with Crippen molar-refractivity contribution in [3.05, 3.63) is 66.0 Å². The molecule has 0 spiro atoms. The van der Waals surface area contributed by atoms with E-state index in [1.807, 2.05) is 12.3 Å². The maximum absolute atomic E-state index is 6.35. The monoisotopic (exact) mass is 486 g/mol. The summed E-state index contributed by atoms with van der Waals surface area (Å²) in [6, 6.07) is 10.4. The van der Waals surface area contributed by atoms with Crippen LogP contribution >= 0.6 is 0 Å². The van der Waals surface area contributed by atoms with Gasteiger partial charge in [-0.15, -0.1) is 0 Å². The van der Waals surface area contributed by atoms with Gasteiger partial charge in [0.1, 0.15) is 17.1 Å². The summed E-state index contributed by atoms with van der Waals surface area (Å²) in [4.78, 5) is 19.8. The lowest BCUT2D eigenvalue weighted by Gasteiger charge is -2.27. The van der Waals surface area contributed by atoms with E-state index in [-0.39, 0.29) is 0 Å². The Kier molecular flexibility index (Phi) is 7.44. The number of hydrogen-bond donors (Lipinski definition) is 2. The van der Waals surface area contributed by atoms with Crippen molar-refractivity contribution < 1.29 is 9.47 Å². The summed E-state index contributed by atoms with van der Waals surface area (Å²) in [5.74, 6) is 2.71. The molecule has 0 radical (unpaired) electrons. The van der Waals surface area contributed by atoms with Crippen molar-refractivity contribution in [1.29, 1.82) is 0 Å². The second-order valence-electron chi connectivity index (χ2n) is 9.66. The molecule has 4 aromatic rings. The smallest absolute Gasteiger partial charge is 0.155 e. The Bertz CT molecular complexity index is 1310. The van der Waals surface area contributed by atoms with Crippen LogP contribution < -0.4 is 14.8 Å². The van der Waals surface area contributed by atoms with Crippen LogP contribution in [0.1, 0.15) is 30.9 Å². The Morgan fingerprint density at radius 3 is 2.72 bits per heavy atom. The third-order valence-corrected chi connectivity index (χ3v) is 6.36. The molecule has 1 aliphatic rings. The zero-order valence-corrected chi connectivity index (χ0v) is 21.3. The third kappa shape index (κ3) is 5.50. The van der Waals surface area contributed by atoms with Gasteiger partial charge in [0.05, 0.1) is 25.4 Å².